The van der Waals surface area contributed by atoms with E-state index in [-0.39, 0.29) is 6.73 Å². The molecule has 2 heteroatoms. The van der Waals surface area contributed by atoms with Crippen LogP contribution >= 0.6 is 0 Å². The molecule has 0 amide bonds. The zero-order chi connectivity index (χ0) is 13.8. The van der Waals surface area contributed by atoms with Crippen molar-refractivity contribution in [1.29, 1.82) is 0 Å². The number of rotatable bonds is 3. The maximum atomic E-state index is 9.44. The predicted octanol–water partition coefficient (Wildman–Crippen LogP) is 3.21. The van der Waals surface area contributed by atoms with Crippen LogP contribution < -0.4 is 0 Å². The summed E-state index contributed by atoms with van der Waals surface area (Å²) in [6, 6.07) is 21.5. The fraction of sp³-hybridized carbons (Fsp3) is 0.333. The van der Waals surface area contributed by atoms with Gasteiger partial charge in [-0.15, -0.1) is 0 Å². The number of aliphatic hydroxyl groups excluding tert-OH is 1. The lowest BCUT2D eigenvalue weighted by atomic mass is 9.77. The highest BCUT2D eigenvalue weighted by atomic mass is 16.3. The molecule has 2 aromatic rings. The van der Waals surface area contributed by atoms with Crippen LogP contribution in [0.2, 0.25) is 0 Å². The van der Waals surface area contributed by atoms with Crippen molar-refractivity contribution in [2.24, 2.45) is 0 Å². The Morgan fingerprint density at radius 2 is 1.40 bits per heavy atom. The van der Waals surface area contributed by atoms with Gasteiger partial charge >= 0.3 is 0 Å². The lowest BCUT2D eigenvalue weighted by molar-refractivity contribution is 0.0740. The molecule has 1 heterocycles. The lowest BCUT2D eigenvalue weighted by Crippen LogP contribution is -2.38. The number of hydrogen-bond donors (Lipinski definition) is 1. The molecule has 0 aromatic heterocycles. The van der Waals surface area contributed by atoms with Crippen molar-refractivity contribution < 1.29 is 5.11 Å². The summed E-state index contributed by atoms with van der Waals surface area (Å²) in [6.45, 7) is 2.06. The summed E-state index contributed by atoms with van der Waals surface area (Å²) < 4.78 is 0. The molecule has 0 unspecified atom stereocenters. The average molecular weight is 267 g/mol. The molecule has 0 saturated carbocycles. The van der Waals surface area contributed by atoms with Crippen molar-refractivity contribution in [2.45, 2.75) is 18.3 Å². The van der Waals surface area contributed by atoms with Crippen molar-refractivity contribution in [3.8, 4) is 0 Å². The number of benzene rings is 2. The van der Waals surface area contributed by atoms with Crippen LogP contribution in [0, 0.1) is 0 Å². The van der Waals surface area contributed by atoms with Crippen molar-refractivity contribution >= 4 is 0 Å². The fourth-order valence-corrected chi connectivity index (χ4v) is 3.29. The molecule has 1 N–H and O–H groups in total. The smallest absolute Gasteiger partial charge is 0.0956 e. The maximum absolute atomic E-state index is 9.44. The van der Waals surface area contributed by atoms with Gasteiger partial charge in [0.1, 0.15) is 0 Å². The van der Waals surface area contributed by atoms with E-state index < -0.39 is 0 Å². The van der Waals surface area contributed by atoms with Gasteiger partial charge in [0.25, 0.3) is 0 Å². The normalized spacial score (nSPS) is 23.6. The third kappa shape index (κ3) is 2.77. The molecule has 0 bridgehead atoms. The van der Waals surface area contributed by atoms with Crippen LogP contribution in [0.4, 0.5) is 0 Å². The van der Waals surface area contributed by atoms with Crippen molar-refractivity contribution in [3.63, 3.8) is 0 Å². The molecule has 1 saturated heterocycles. The summed E-state index contributed by atoms with van der Waals surface area (Å²) in [5.74, 6) is 1.00. The third-order valence-electron chi connectivity index (χ3n) is 4.35. The largest absolute Gasteiger partial charge is 0.381 e. The van der Waals surface area contributed by atoms with Crippen molar-refractivity contribution in [1.82, 2.24) is 4.90 Å². The molecule has 3 rings (SSSR count). The second-order valence-corrected chi connectivity index (χ2v) is 5.54. The molecule has 2 atom stereocenters. The summed E-state index contributed by atoms with van der Waals surface area (Å²) in [6.07, 6.45) is 1.10. The van der Waals surface area contributed by atoms with Crippen molar-refractivity contribution in [2.75, 3.05) is 19.8 Å². The molecule has 1 aliphatic rings. The summed E-state index contributed by atoms with van der Waals surface area (Å²) in [5.41, 5.74) is 2.79. The molecule has 0 radical (unpaired) electrons. The zero-order valence-electron chi connectivity index (χ0n) is 11.7. The summed E-state index contributed by atoms with van der Waals surface area (Å²) in [4.78, 5) is 2.14. The van der Waals surface area contributed by atoms with Crippen LogP contribution in [0.15, 0.2) is 60.7 Å². The average Bonchev–Trinajstić information content (AvgIpc) is 2.56. The van der Waals surface area contributed by atoms with Gasteiger partial charge in [-0.2, -0.15) is 0 Å². The molecule has 2 aromatic carbocycles. The van der Waals surface area contributed by atoms with Gasteiger partial charge in [0.2, 0.25) is 0 Å². The minimum atomic E-state index is 0.158. The highest BCUT2D eigenvalue weighted by Crippen LogP contribution is 2.39. The van der Waals surface area contributed by atoms with Gasteiger partial charge in [0.05, 0.1) is 6.73 Å². The lowest BCUT2D eigenvalue weighted by Gasteiger charge is -2.38. The molecule has 20 heavy (non-hydrogen) atoms. The van der Waals surface area contributed by atoms with Gasteiger partial charge < -0.3 is 5.11 Å². The predicted molar refractivity (Wildman–Crippen MR) is 81.6 cm³/mol. The summed E-state index contributed by atoms with van der Waals surface area (Å²) >= 11 is 0. The summed E-state index contributed by atoms with van der Waals surface area (Å²) in [5, 5.41) is 9.44. The first kappa shape index (κ1) is 13.3. The molecular weight excluding hydrogens is 246 g/mol. The molecule has 1 fully saturated rings. The second kappa shape index (κ2) is 6.21. The number of nitrogens with zero attached hydrogens (tertiary/aromatic N) is 1. The van der Waals surface area contributed by atoms with Crippen LogP contribution in [-0.2, 0) is 0 Å². The van der Waals surface area contributed by atoms with E-state index in [9.17, 15) is 5.11 Å². The molecule has 1 aliphatic heterocycles. The van der Waals surface area contributed by atoms with E-state index in [1.807, 2.05) is 0 Å². The van der Waals surface area contributed by atoms with E-state index in [4.69, 9.17) is 0 Å². The first-order valence-electron chi connectivity index (χ1n) is 7.31. The Labute approximate surface area is 120 Å². The van der Waals surface area contributed by atoms with Gasteiger partial charge in [-0.25, -0.2) is 0 Å². The van der Waals surface area contributed by atoms with Crippen LogP contribution in [-0.4, -0.2) is 29.8 Å². The minimum Gasteiger partial charge on any atom is -0.381 e. The van der Waals surface area contributed by atoms with Crippen LogP contribution in [0.25, 0.3) is 0 Å². The molecule has 2 nitrogen and oxygen atoms in total. The Balaban J connectivity index is 1.91. The fourth-order valence-electron chi connectivity index (χ4n) is 3.29. The molecule has 0 aliphatic carbocycles. The zero-order valence-corrected chi connectivity index (χ0v) is 11.7. The van der Waals surface area contributed by atoms with Gasteiger partial charge in [0, 0.05) is 19.0 Å². The number of likely N-dealkylation sites (tertiary alicyclic amines) is 1. The summed E-state index contributed by atoms with van der Waals surface area (Å²) in [7, 11) is 0. The first-order valence-corrected chi connectivity index (χ1v) is 7.31. The van der Waals surface area contributed by atoms with E-state index in [2.05, 4.69) is 65.6 Å². The monoisotopic (exact) mass is 267 g/mol. The standard InChI is InChI=1S/C18H21NO/c20-14-19-12-11-17(15-7-3-1-4-8-15)18(13-19)16-9-5-2-6-10-16/h1-10,17-18,20H,11-14H2/t17-,18+/m1/s1. The number of piperidine rings is 1. The van der Waals surface area contributed by atoms with Crippen LogP contribution in [0.1, 0.15) is 29.4 Å². The highest BCUT2D eigenvalue weighted by molar-refractivity contribution is 5.29. The van der Waals surface area contributed by atoms with Gasteiger partial charge in [-0.05, 0) is 23.5 Å². The van der Waals surface area contributed by atoms with E-state index in [0.29, 0.717) is 11.8 Å². The minimum absolute atomic E-state index is 0.158. The van der Waals surface area contributed by atoms with Crippen LogP contribution in [0.3, 0.4) is 0 Å². The highest BCUT2D eigenvalue weighted by Gasteiger charge is 2.30. The Morgan fingerprint density at radius 3 is 1.95 bits per heavy atom. The number of aliphatic hydroxyl groups is 1. The molecule has 104 valence electrons. The van der Waals surface area contributed by atoms with Crippen molar-refractivity contribution in [3.05, 3.63) is 71.8 Å². The maximum Gasteiger partial charge on any atom is 0.0956 e. The Bertz CT molecular complexity index is 526. The molecule has 0 spiro atoms. The quantitative estimate of drug-likeness (QED) is 0.923. The Kier molecular flexibility index (Phi) is 4.14. The number of hydrogen-bond acceptors (Lipinski definition) is 2. The van der Waals surface area contributed by atoms with E-state index in [1.54, 1.807) is 0 Å². The van der Waals surface area contributed by atoms with E-state index in [0.717, 1.165) is 19.5 Å². The topological polar surface area (TPSA) is 23.5 Å². The first-order chi connectivity index (χ1) is 9.88. The van der Waals surface area contributed by atoms with Gasteiger partial charge in [-0.1, -0.05) is 60.7 Å². The SMILES string of the molecule is OCN1CC[C@H](c2ccccc2)[C@H](c2ccccc2)C1. The van der Waals surface area contributed by atoms with E-state index >= 15 is 0 Å². The third-order valence-corrected chi connectivity index (χ3v) is 4.35. The van der Waals surface area contributed by atoms with E-state index in [1.165, 1.54) is 11.1 Å². The van der Waals surface area contributed by atoms with Crippen LogP contribution in [0.5, 0.6) is 0 Å². The Morgan fingerprint density at radius 1 is 0.850 bits per heavy atom. The van der Waals surface area contributed by atoms with Gasteiger partial charge in [-0.3, -0.25) is 4.90 Å². The van der Waals surface area contributed by atoms with Gasteiger partial charge in [0.15, 0.2) is 0 Å². The second-order valence-electron chi connectivity index (χ2n) is 5.54. The molecular formula is C18H21NO. The Hall–Kier alpha value is -1.64.